The number of hydrogen-bond acceptors (Lipinski definition) is 7. The molecule has 0 saturated carbocycles. The number of hydrogen-bond donors (Lipinski definition) is 2. The largest absolute Gasteiger partial charge is 0.450 e. The average molecular weight is 566 g/mol. The van der Waals surface area contributed by atoms with Gasteiger partial charge in [-0.3, -0.25) is 9.69 Å². The van der Waals surface area contributed by atoms with Gasteiger partial charge in [-0.15, -0.1) is 15.3 Å². The maximum absolute atomic E-state index is 14.1. The molecule has 37 heavy (non-hydrogen) atoms. The monoisotopic (exact) mass is 565 g/mol. The van der Waals surface area contributed by atoms with E-state index in [-0.39, 0.29) is 46.7 Å². The second-order valence-corrected chi connectivity index (χ2v) is 9.53. The molecule has 2 amide bonds. The molecule has 0 bridgehead atoms. The summed E-state index contributed by atoms with van der Waals surface area (Å²) in [5.74, 6) is -3.65. The lowest BCUT2D eigenvalue weighted by Crippen LogP contribution is -2.46. The molecule has 3 rings (SSSR count). The van der Waals surface area contributed by atoms with Crippen LogP contribution >= 0.6 is 23.2 Å². The van der Waals surface area contributed by atoms with Crippen molar-refractivity contribution in [3.05, 3.63) is 45.3 Å². The maximum Gasteiger partial charge on any atom is 0.450 e. The fourth-order valence-electron chi connectivity index (χ4n) is 3.15. The summed E-state index contributed by atoms with van der Waals surface area (Å²) in [6.07, 6.45) is -5.70. The Balaban J connectivity index is 2.01. The van der Waals surface area contributed by atoms with E-state index >= 15 is 0 Å². The van der Waals surface area contributed by atoms with Gasteiger partial charge in [0.2, 0.25) is 5.84 Å². The van der Waals surface area contributed by atoms with Gasteiger partial charge < -0.3 is 15.4 Å². The Labute approximate surface area is 218 Å². The molecular weight excluding hydrogens is 545 g/mol. The van der Waals surface area contributed by atoms with Crippen molar-refractivity contribution in [1.82, 2.24) is 15.6 Å². The number of nitrogens with two attached hydrogens (primary N) is 1. The zero-order valence-electron chi connectivity index (χ0n) is 19.7. The van der Waals surface area contributed by atoms with Gasteiger partial charge >= 0.3 is 12.3 Å². The van der Waals surface area contributed by atoms with Crippen LogP contribution in [0.4, 0.5) is 33.9 Å². The minimum absolute atomic E-state index is 0.0148. The molecular formula is C21H21Cl2F4N7O3. The van der Waals surface area contributed by atoms with Crippen molar-refractivity contribution in [2.45, 2.75) is 39.1 Å². The van der Waals surface area contributed by atoms with Crippen molar-refractivity contribution in [3.63, 3.8) is 0 Å². The van der Waals surface area contributed by atoms with E-state index in [1.54, 1.807) is 31.1 Å². The highest BCUT2D eigenvalue weighted by Gasteiger charge is 2.35. The Morgan fingerprint density at radius 2 is 1.86 bits per heavy atom. The summed E-state index contributed by atoms with van der Waals surface area (Å²) in [6, 6.07) is 3.60. The van der Waals surface area contributed by atoms with Gasteiger partial charge in [0.15, 0.2) is 11.5 Å². The highest BCUT2D eigenvalue weighted by molar-refractivity contribution is 6.36. The van der Waals surface area contributed by atoms with Gasteiger partial charge in [-0.1, -0.05) is 23.2 Å². The van der Waals surface area contributed by atoms with E-state index < -0.39 is 41.1 Å². The molecule has 1 aliphatic heterocycles. The van der Waals surface area contributed by atoms with Crippen LogP contribution in [0.2, 0.25) is 10.0 Å². The SMILES string of the molecule is CC(C)(C)OC(=O)N1CCN(Cc2c(Cl)ccc(F)c2Cl)c2cc(C(=O)NN=C(N)C(F)(F)F)nnc21. The van der Waals surface area contributed by atoms with Gasteiger partial charge in [-0.25, -0.2) is 14.6 Å². The average Bonchev–Trinajstić information content (AvgIpc) is 2.80. The second-order valence-electron chi connectivity index (χ2n) is 8.75. The molecule has 0 saturated heterocycles. The van der Waals surface area contributed by atoms with Crippen LogP contribution in [0.5, 0.6) is 0 Å². The number of carbonyl (C=O) groups excluding carboxylic acids is 2. The van der Waals surface area contributed by atoms with E-state index in [1.165, 1.54) is 17.0 Å². The number of fused-ring (bicyclic) bond motifs is 1. The van der Waals surface area contributed by atoms with E-state index in [4.69, 9.17) is 33.7 Å². The molecule has 1 aliphatic rings. The van der Waals surface area contributed by atoms with Crippen LogP contribution in [0, 0.1) is 5.82 Å². The van der Waals surface area contributed by atoms with Gasteiger partial charge in [0.1, 0.15) is 11.4 Å². The minimum Gasteiger partial charge on any atom is -0.443 e. The molecule has 1 aromatic heterocycles. The predicted molar refractivity (Wildman–Crippen MR) is 128 cm³/mol. The van der Waals surface area contributed by atoms with Crippen LogP contribution in [-0.4, -0.2) is 52.9 Å². The lowest BCUT2D eigenvalue weighted by atomic mass is 10.1. The first-order valence-electron chi connectivity index (χ1n) is 10.5. The molecule has 0 fully saturated rings. The fourth-order valence-corrected chi connectivity index (χ4v) is 3.64. The molecule has 0 atom stereocenters. The Bertz CT molecular complexity index is 1250. The summed E-state index contributed by atoms with van der Waals surface area (Å²) in [5, 5.41) is 10.4. The van der Waals surface area contributed by atoms with E-state index in [2.05, 4.69) is 15.3 Å². The fraction of sp³-hybridized carbons (Fsp3) is 0.381. The number of ether oxygens (including phenoxy) is 1. The number of hydrazone groups is 1. The smallest absolute Gasteiger partial charge is 0.443 e. The Morgan fingerprint density at radius 1 is 1.19 bits per heavy atom. The van der Waals surface area contributed by atoms with Crippen LogP contribution in [0.1, 0.15) is 36.8 Å². The summed E-state index contributed by atoms with van der Waals surface area (Å²) in [5.41, 5.74) is 5.55. The Kier molecular flexibility index (Phi) is 8.03. The molecule has 3 N–H and O–H groups in total. The molecule has 0 spiro atoms. The third-order valence-corrected chi connectivity index (χ3v) is 5.61. The topological polar surface area (TPSA) is 126 Å². The zero-order chi connectivity index (χ0) is 27.7. The molecule has 0 unspecified atom stereocenters. The number of carbonyl (C=O) groups is 2. The van der Waals surface area contributed by atoms with Crippen LogP contribution < -0.4 is 21.0 Å². The first-order valence-corrected chi connectivity index (χ1v) is 11.3. The van der Waals surface area contributed by atoms with E-state index in [0.717, 1.165) is 6.07 Å². The van der Waals surface area contributed by atoms with Crippen LogP contribution in [0.15, 0.2) is 23.3 Å². The summed E-state index contributed by atoms with van der Waals surface area (Å²) in [7, 11) is 0. The number of anilines is 2. The van der Waals surface area contributed by atoms with Crippen molar-refractivity contribution in [2.75, 3.05) is 22.9 Å². The number of alkyl halides is 3. The number of nitrogens with one attached hydrogen (secondary N) is 1. The van der Waals surface area contributed by atoms with Gasteiger partial charge in [-0.2, -0.15) is 13.2 Å². The summed E-state index contributed by atoms with van der Waals surface area (Å²) in [4.78, 5) is 28.0. The highest BCUT2D eigenvalue weighted by Crippen LogP contribution is 2.36. The number of benzene rings is 1. The molecule has 10 nitrogen and oxygen atoms in total. The third kappa shape index (κ3) is 6.68. The van der Waals surface area contributed by atoms with Crippen LogP contribution in [-0.2, 0) is 11.3 Å². The minimum atomic E-state index is -4.96. The van der Waals surface area contributed by atoms with Gasteiger partial charge in [0.25, 0.3) is 5.91 Å². The Morgan fingerprint density at radius 3 is 2.49 bits per heavy atom. The standard InChI is InChI=1S/C21H21Cl2F4N7O3/c1-20(2,3)37-19(36)34-7-6-33(9-10-11(22)4-5-12(24)15(10)23)14-8-13(29-30-16(14)34)17(35)31-32-18(28)21(25,26)27/h4-5,8H,6-7,9H2,1-3H3,(H2,28,32)(H,31,35). The summed E-state index contributed by atoms with van der Waals surface area (Å²) in [6.45, 7) is 5.16. The van der Waals surface area contributed by atoms with Crippen molar-refractivity contribution in [3.8, 4) is 0 Å². The Hall–Kier alpha value is -3.39. The maximum atomic E-state index is 14.1. The summed E-state index contributed by atoms with van der Waals surface area (Å²) >= 11 is 12.3. The van der Waals surface area contributed by atoms with Crippen molar-refractivity contribution in [1.29, 1.82) is 0 Å². The molecule has 16 heteroatoms. The van der Waals surface area contributed by atoms with Gasteiger partial charge in [0, 0.05) is 30.2 Å². The lowest BCUT2D eigenvalue weighted by molar-refractivity contribution is -0.0602. The number of aromatic nitrogens is 2. The van der Waals surface area contributed by atoms with E-state index in [0.29, 0.717) is 0 Å². The predicted octanol–water partition coefficient (Wildman–Crippen LogP) is 4.25. The normalized spacial score (nSPS) is 14.4. The van der Waals surface area contributed by atoms with Crippen molar-refractivity contribution >= 4 is 52.5 Å². The first-order chi connectivity index (χ1) is 17.1. The number of amidine groups is 1. The quantitative estimate of drug-likeness (QED) is 0.186. The molecule has 2 aromatic rings. The second kappa shape index (κ2) is 10.5. The van der Waals surface area contributed by atoms with Crippen molar-refractivity contribution < 1.29 is 31.9 Å². The molecule has 0 aliphatic carbocycles. The summed E-state index contributed by atoms with van der Waals surface area (Å²) < 4.78 is 57.2. The van der Waals surface area contributed by atoms with Gasteiger partial charge in [-0.05, 0) is 39.0 Å². The van der Waals surface area contributed by atoms with E-state index in [9.17, 15) is 27.2 Å². The number of rotatable bonds is 4. The highest BCUT2D eigenvalue weighted by atomic mass is 35.5. The van der Waals surface area contributed by atoms with Gasteiger partial charge in [0.05, 0.1) is 10.7 Å². The van der Waals surface area contributed by atoms with Crippen molar-refractivity contribution in [2.24, 2.45) is 10.8 Å². The number of amides is 2. The molecule has 1 aromatic carbocycles. The molecule has 2 heterocycles. The molecule has 0 radical (unpaired) electrons. The number of nitrogens with zero attached hydrogens (tertiary/aromatic N) is 5. The molecule has 200 valence electrons. The number of halogens is 6. The first kappa shape index (κ1) is 28.2. The third-order valence-electron chi connectivity index (χ3n) is 4.85. The zero-order valence-corrected chi connectivity index (χ0v) is 21.2. The van der Waals surface area contributed by atoms with Crippen LogP contribution in [0.25, 0.3) is 0 Å². The lowest BCUT2D eigenvalue weighted by Gasteiger charge is -2.37. The van der Waals surface area contributed by atoms with Crippen LogP contribution in [0.3, 0.4) is 0 Å². The van der Waals surface area contributed by atoms with E-state index in [1.807, 2.05) is 0 Å².